The Balaban J connectivity index is 1.91. The second-order valence-electron chi connectivity index (χ2n) is 6.32. The van der Waals surface area contributed by atoms with E-state index in [1.165, 1.54) is 12.1 Å². The lowest BCUT2D eigenvalue weighted by molar-refractivity contribution is -0.120. The molecule has 0 bridgehead atoms. The number of para-hydroxylation sites is 1. The maximum Gasteiger partial charge on any atom is 0.272 e. The maximum absolute atomic E-state index is 12.6. The largest absolute Gasteiger partial charge is 0.357 e. The molecule has 0 spiro atoms. The van der Waals surface area contributed by atoms with E-state index in [9.17, 15) is 18.0 Å². The monoisotopic (exact) mass is 385 g/mol. The molecule has 0 aromatic heterocycles. The number of sulfonamides is 1. The smallest absolute Gasteiger partial charge is 0.272 e. The molecule has 0 unspecified atom stereocenters. The van der Waals surface area contributed by atoms with Gasteiger partial charge in [-0.25, -0.2) is 13.1 Å². The Morgan fingerprint density at radius 2 is 1.63 bits per heavy atom. The number of rotatable bonds is 3. The fraction of sp³-hybridized carbons (Fsp3) is 0.158. The average Bonchev–Trinajstić information content (AvgIpc) is 2.70. The van der Waals surface area contributed by atoms with Crippen LogP contribution in [0.3, 0.4) is 0 Å². The van der Waals surface area contributed by atoms with Gasteiger partial charge in [0.15, 0.2) is 0 Å². The molecule has 0 fully saturated rings. The van der Waals surface area contributed by atoms with Gasteiger partial charge < -0.3 is 10.6 Å². The fourth-order valence-electron chi connectivity index (χ4n) is 2.77. The van der Waals surface area contributed by atoms with E-state index in [1.807, 2.05) is 30.7 Å². The number of nitrogens with one attached hydrogen (secondary N) is 3. The van der Waals surface area contributed by atoms with Gasteiger partial charge in [-0.05, 0) is 44.5 Å². The van der Waals surface area contributed by atoms with Gasteiger partial charge in [0, 0.05) is 5.70 Å². The zero-order valence-corrected chi connectivity index (χ0v) is 15.9. The Bertz CT molecular complexity index is 1070. The number of carbonyl (C=O) groups excluding carboxylic acids is 2. The van der Waals surface area contributed by atoms with E-state index in [-0.39, 0.29) is 16.2 Å². The van der Waals surface area contributed by atoms with Crippen LogP contribution >= 0.6 is 0 Å². The standard InChI is InChI=1S/C19H19N3O4S/c1-11-7-9-14(10-8-11)27(25,26)22-19(24)16-13(3)20-15-6-4-5-12(2)17(15)21-18(16)23/h4-10,20H,1-3H3,(H,21,23)(H,22,24). The Kier molecular flexibility index (Phi) is 4.75. The van der Waals surface area contributed by atoms with Crippen molar-refractivity contribution in [2.24, 2.45) is 0 Å². The highest BCUT2D eigenvalue weighted by atomic mass is 32.2. The van der Waals surface area contributed by atoms with E-state index < -0.39 is 21.8 Å². The molecule has 7 nitrogen and oxygen atoms in total. The molecule has 8 heteroatoms. The van der Waals surface area contributed by atoms with Crippen molar-refractivity contribution in [3.63, 3.8) is 0 Å². The summed E-state index contributed by atoms with van der Waals surface area (Å²) in [7, 11) is -4.10. The van der Waals surface area contributed by atoms with Gasteiger partial charge in [0.05, 0.1) is 16.3 Å². The van der Waals surface area contributed by atoms with Gasteiger partial charge in [-0.3, -0.25) is 9.59 Å². The molecule has 1 aliphatic heterocycles. The molecule has 2 aromatic carbocycles. The molecular weight excluding hydrogens is 366 g/mol. The SMILES string of the molecule is CC1=C(C(=O)NS(=O)(=O)c2ccc(C)cc2)C(=O)Nc2c(C)cccc2N1. The predicted molar refractivity (Wildman–Crippen MR) is 103 cm³/mol. The molecule has 27 heavy (non-hydrogen) atoms. The Hall–Kier alpha value is -3.13. The Labute approximate surface area is 157 Å². The molecule has 1 heterocycles. The summed E-state index contributed by atoms with van der Waals surface area (Å²) in [5, 5.41) is 5.67. The van der Waals surface area contributed by atoms with Crippen LogP contribution in [-0.4, -0.2) is 20.2 Å². The number of hydrogen-bond donors (Lipinski definition) is 3. The summed E-state index contributed by atoms with van der Waals surface area (Å²) in [6.07, 6.45) is 0. The first-order chi connectivity index (χ1) is 12.7. The molecule has 140 valence electrons. The van der Waals surface area contributed by atoms with Crippen molar-refractivity contribution in [3.8, 4) is 0 Å². The summed E-state index contributed by atoms with van der Waals surface area (Å²) in [6.45, 7) is 5.19. The molecule has 2 amide bonds. The van der Waals surface area contributed by atoms with E-state index in [1.54, 1.807) is 25.1 Å². The van der Waals surface area contributed by atoms with Crippen molar-refractivity contribution in [2.75, 3.05) is 10.6 Å². The summed E-state index contributed by atoms with van der Waals surface area (Å²) >= 11 is 0. The number of anilines is 2. The Morgan fingerprint density at radius 3 is 2.30 bits per heavy atom. The number of aryl methyl sites for hydroxylation is 2. The average molecular weight is 385 g/mol. The van der Waals surface area contributed by atoms with Crippen molar-refractivity contribution in [3.05, 3.63) is 64.9 Å². The number of fused-ring (bicyclic) bond motifs is 1. The van der Waals surface area contributed by atoms with Gasteiger partial charge in [-0.2, -0.15) is 0 Å². The third kappa shape index (κ3) is 3.70. The first-order valence-electron chi connectivity index (χ1n) is 8.22. The van der Waals surface area contributed by atoms with Crippen LogP contribution in [0, 0.1) is 13.8 Å². The zero-order valence-electron chi connectivity index (χ0n) is 15.1. The topological polar surface area (TPSA) is 104 Å². The predicted octanol–water partition coefficient (Wildman–Crippen LogP) is 2.45. The van der Waals surface area contributed by atoms with E-state index in [0.717, 1.165) is 11.1 Å². The van der Waals surface area contributed by atoms with Crippen LogP contribution in [0.4, 0.5) is 11.4 Å². The molecule has 3 N–H and O–H groups in total. The Morgan fingerprint density at radius 1 is 0.963 bits per heavy atom. The van der Waals surface area contributed by atoms with Gasteiger partial charge in [0.25, 0.3) is 21.8 Å². The summed E-state index contributed by atoms with van der Waals surface area (Å²) in [5.41, 5.74) is 2.85. The third-order valence-electron chi connectivity index (χ3n) is 4.22. The van der Waals surface area contributed by atoms with E-state index in [0.29, 0.717) is 11.4 Å². The quantitative estimate of drug-likeness (QED) is 0.704. The molecular formula is C19H19N3O4S. The van der Waals surface area contributed by atoms with Crippen molar-refractivity contribution in [1.29, 1.82) is 0 Å². The maximum atomic E-state index is 12.6. The summed E-state index contributed by atoms with van der Waals surface area (Å²) in [5.74, 6) is -1.67. The number of hydrogen-bond acceptors (Lipinski definition) is 5. The molecule has 0 saturated heterocycles. The van der Waals surface area contributed by atoms with Crippen LogP contribution in [0.2, 0.25) is 0 Å². The van der Waals surface area contributed by atoms with Crippen LogP contribution in [0.25, 0.3) is 0 Å². The summed E-state index contributed by atoms with van der Waals surface area (Å²) < 4.78 is 26.9. The lowest BCUT2D eigenvalue weighted by Crippen LogP contribution is -2.36. The van der Waals surface area contributed by atoms with Gasteiger partial charge in [-0.1, -0.05) is 29.8 Å². The highest BCUT2D eigenvalue weighted by molar-refractivity contribution is 7.90. The molecule has 0 saturated carbocycles. The minimum Gasteiger partial charge on any atom is -0.357 e. The lowest BCUT2D eigenvalue weighted by atomic mass is 10.1. The highest BCUT2D eigenvalue weighted by Gasteiger charge is 2.29. The second-order valence-corrected chi connectivity index (χ2v) is 8.01. The minimum atomic E-state index is -4.10. The van der Waals surface area contributed by atoms with Crippen LogP contribution < -0.4 is 15.4 Å². The number of allylic oxidation sites excluding steroid dienone is 1. The zero-order chi connectivity index (χ0) is 19.8. The molecule has 1 aliphatic rings. The van der Waals surface area contributed by atoms with E-state index >= 15 is 0 Å². The van der Waals surface area contributed by atoms with Gasteiger partial charge >= 0.3 is 0 Å². The van der Waals surface area contributed by atoms with Crippen molar-refractivity contribution in [1.82, 2.24) is 4.72 Å². The molecule has 0 radical (unpaired) electrons. The van der Waals surface area contributed by atoms with Crippen molar-refractivity contribution >= 4 is 33.2 Å². The highest BCUT2D eigenvalue weighted by Crippen LogP contribution is 2.30. The number of benzene rings is 2. The van der Waals surface area contributed by atoms with Crippen LogP contribution in [-0.2, 0) is 19.6 Å². The summed E-state index contributed by atoms with van der Waals surface area (Å²) in [4.78, 5) is 25.1. The van der Waals surface area contributed by atoms with Crippen LogP contribution in [0.1, 0.15) is 18.1 Å². The van der Waals surface area contributed by atoms with Gasteiger partial charge in [0.1, 0.15) is 5.57 Å². The van der Waals surface area contributed by atoms with Crippen molar-refractivity contribution in [2.45, 2.75) is 25.7 Å². The molecule has 3 rings (SSSR count). The molecule has 0 aliphatic carbocycles. The van der Waals surface area contributed by atoms with Gasteiger partial charge in [0.2, 0.25) is 0 Å². The number of amides is 2. The number of carbonyl (C=O) groups is 2. The molecule has 0 atom stereocenters. The normalized spacial score (nSPS) is 14.0. The van der Waals surface area contributed by atoms with Crippen LogP contribution in [0.5, 0.6) is 0 Å². The van der Waals surface area contributed by atoms with E-state index in [2.05, 4.69) is 10.6 Å². The van der Waals surface area contributed by atoms with E-state index in [4.69, 9.17) is 0 Å². The molecule has 2 aromatic rings. The lowest BCUT2D eigenvalue weighted by Gasteiger charge is -2.10. The first-order valence-corrected chi connectivity index (χ1v) is 9.70. The summed E-state index contributed by atoms with van der Waals surface area (Å²) in [6, 6.07) is 11.5. The second kappa shape index (κ2) is 6.88. The van der Waals surface area contributed by atoms with Crippen molar-refractivity contribution < 1.29 is 18.0 Å². The van der Waals surface area contributed by atoms with Crippen LogP contribution in [0.15, 0.2) is 58.6 Å². The van der Waals surface area contributed by atoms with Gasteiger partial charge in [-0.15, -0.1) is 0 Å². The fourth-order valence-corrected chi connectivity index (χ4v) is 3.73. The minimum absolute atomic E-state index is 0.0548. The first kappa shape index (κ1) is 18.7. The third-order valence-corrected chi connectivity index (χ3v) is 5.57.